The quantitative estimate of drug-likeness (QED) is 0.720. The summed E-state index contributed by atoms with van der Waals surface area (Å²) in [4.78, 5) is 0. The molecule has 0 saturated heterocycles. The van der Waals surface area contributed by atoms with Crippen LogP contribution in [0.5, 0.6) is 11.5 Å². The molecule has 0 spiro atoms. The fourth-order valence-corrected chi connectivity index (χ4v) is 1.65. The smallest absolute Gasteiger partial charge is 0.134 e. The highest BCUT2D eigenvalue weighted by Crippen LogP contribution is 2.29. The molecule has 0 aliphatic heterocycles. The second-order valence-corrected chi connectivity index (χ2v) is 3.88. The third-order valence-corrected chi connectivity index (χ3v) is 2.72. The van der Waals surface area contributed by atoms with Crippen molar-refractivity contribution in [2.45, 2.75) is 13.8 Å². The first-order chi connectivity index (χ1) is 8.31. The average molecular weight is 224 g/mol. The van der Waals surface area contributed by atoms with E-state index in [2.05, 4.69) is 19.1 Å². The van der Waals surface area contributed by atoms with Gasteiger partial charge in [-0.15, -0.1) is 0 Å². The number of ether oxygens (including phenoxy) is 1. The summed E-state index contributed by atoms with van der Waals surface area (Å²) in [6.45, 7) is 4.13. The lowest BCUT2D eigenvalue weighted by Gasteiger charge is -2.11. The molecule has 0 radical (unpaired) electrons. The fraction of sp³-hybridized carbons (Fsp3) is 0.125. The van der Waals surface area contributed by atoms with Crippen LogP contribution in [-0.2, 0) is 0 Å². The van der Waals surface area contributed by atoms with E-state index >= 15 is 0 Å². The molecular weight excluding hydrogens is 208 g/mol. The lowest BCUT2D eigenvalue weighted by atomic mass is 10.1. The molecule has 0 amide bonds. The third-order valence-electron chi connectivity index (χ3n) is 2.72. The second kappa shape index (κ2) is 5.35. The van der Waals surface area contributed by atoms with Gasteiger partial charge in [0.2, 0.25) is 0 Å². The van der Waals surface area contributed by atoms with E-state index in [9.17, 15) is 0 Å². The number of rotatable bonds is 3. The van der Waals surface area contributed by atoms with E-state index in [0.717, 1.165) is 17.1 Å². The summed E-state index contributed by atoms with van der Waals surface area (Å²) in [5, 5.41) is 0. The monoisotopic (exact) mass is 224 g/mol. The lowest BCUT2D eigenvalue weighted by molar-refractivity contribution is 0.481. The van der Waals surface area contributed by atoms with Crippen molar-refractivity contribution in [2.75, 3.05) is 0 Å². The molecule has 2 rings (SSSR count). The van der Waals surface area contributed by atoms with Crippen molar-refractivity contribution >= 4 is 5.57 Å². The van der Waals surface area contributed by atoms with Gasteiger partial charge in [0.15, 0.2) is 0 Å². The van der Waals surface area contributed by atoms with E-state index in [-0.39, 0.29) is 0 Å². The Morgan fingerprint density at radius 3 is 2.29 bits per heavy atom. The largest absolute Gasteiger partial charge is 0.457 e. The Morgan fingerprint density at radius 1 is 0.941 bits per heavy atom. The normalized spacial score (nSPS) is 11.3. The molecule has 0 aliphatic rings. The van der Waals surface area contributed by atoms with Crippen molar-refractivity contribution in [3.05, 3.63) is 66.2 Å². The minimum absolute atomic E-state index is 0.865. The third kappa shape index (κ3) is 2.76. The molecule has 0 aliphatic carbocycles. The Labute approximate surface area is 102 Å². The predicted octanol–water partition coefficient (Wildman–Crippen LogP) is 4.90. The van der Waals surface area contributed by atoms with Crippen molar-refractivity contribution < 1.29 is 4.74 Å². The molecule has 86 valence electrons. The molecule has 0 saturated carbocycles. The minimum atomic E-state index is 0.865. The van der Waals surface area contributed by atoms with E-state index in [1.165, 1.54) is 5.57 Å². The van der Waals surface area contributed by atoms with Crippen LogP contribution in [0.1, 0.15) is 19.4 Å². The first-order valence-corrected chi connectivity index (χ1v) is 5.76. The van der Waals surface area contributed by atoms with Gasteiger partial charge in [-0.05, 0) is 37.6 Å². The van der Waals surface area contributed by atoms with Crippen LogP contribution in [0.4, 0.5) is 0 Å². The molecule has 2 aromatic rings. The van der Waals surface area contributed by atoms with E-state index < -0.39 is 0 Å². The SMILES string of the molecule is C/C=C(/C)c1ccccc1Oc1ccccc1. The molecule has 17 heavy (non-hydrogen) atoms. The first-order valence-electron chi connectivity index (χ1n) is 5.76. The molecule has 0 atom stereocenters. The van der Waals surface area contributed by atoms with Gasteiger partial charge in [0.1, 0.15) is 11.5 Å². The number of benzene rings is 2. The fourth-order valence-electron chi connectivity index (χ4n) is 1.65. The van der Waals surface area contributed by atoms with Crippen molar-refractivity contribution in [2.24, 2.45) is 0 Å². The summed E-state index contributed by atoms with van der Waals surface area (Å²) < 4.78 is 5.89. The summed E-state index contributed by atoms with van der Waals surface area (Å²) >= 11 is 0. The van der Waals surface area contributed by atoms with Gasteiger partial charge in [0.25, 0.3) is 0 Å². The molecule has 0 N–H and O–H groups in total. The molecule has 0 fully saturated rings. The van der Waals surface area contributed by atoms with Crippen molar-refractivity contribution in [3.63, 3.8) is 0 Å². The summed E-state index contributed by atoms with van der Waals surface area (Å²) in [5.74, 6) is 1.76. The van der Waals surface area contributed by atoms with Crippen molar-refractivity contribution in [3.8, 4) is 11.5 Å². The summed E-state index contributed by atoms with van der Waals surface area (Å²) in [7, 11) is 0. The van der Waals surface area contributed by atoms with Gasteiger partial charge in [-0.1, -0.05) is 42.5 Å². The Hall–Kier alpha value is -2.02. The Kier molecular flexibility index (Phi) is 3.61. The Balaban J connectivity index is 2.33. The average Bonchev–Trinajstić information content (AvgIpc) is 2.40. The molecule has 0 aromatic heterocycles. The molecule has 1 heteroatoms. The van der Waals surface area contributed by atoms with Crippen LogP contribution in [0.2, 0.25) is 0 Å². The van der Waals surface area contributed by atoms with E-state index in [1.54, 1.807) is 0 Å². The number of para-hydroxylation sites is 2. The van der Waals surface area contributed by atoms with E-state index in [0.29, 0.717) is 0 Å². The Morgan fingerprint density at radius 2 is 1.59 bits per heavy atom. The van der Waals surface area contributed by atoms with Crippen LogP contribution in [0.15, 0.2) is 60.7 Å². The topological polar surface area (TPSA) is 9.23 Å². The van der Waals surface area contributed by atoms with Crippen molar-refractivity contribution in [1.82, 2.24) is 0 Å². The zero-order chi connectivity index (χ0) is 12.1. The van der Waals surface area contributed by atoms with E-state index in [4.69, 9.17) is 4.74 Å². The highest BCUT2D eigenvalue weighted by atomic mass is 16.5. The van der Waals surface area contributed by atoms with Gasteiger partial charge < -0.3 is 4.74 Å². The van der Waals surface area contributed by atoms with Gasteiger partial charge >= 0.3 is 0 Å². The maximum absolute atomic E-state index is 5.89. The van der Waals surface area contributed by atoms with Gasteiger partial charge in [-0.3, -0.25) is 0 Å². The van der Waals surface area contributed by atoms with Crippen LogP contribution >= 0.6 is 0 Å². The summed E-state index contributed by atoms with van der Waals surface area (Å²) in [6.07, 6.45) is 2.09. The standard InChI is InChI=1S/C16H16O/c1-3-13(2)15-11-7-8-12-16(15)17-14-9-5-4-6-10-14/h3-12H,1-2H3/b13-3-. The van der Waals surface area contributed by atoms with E-state index in [1.807, 2.05) is 55.5 Å². The molecule has 2 aromatic carbocycles. The number of hydrogen-bond acceptors (Lipinski definition) is 1. The molecule has 1 nitrogen and oxygen atoms in total. The maximum atomic E-state index is 5.89. The highest BCUT2D eigenvalue weighted by Gasteiger charge is 2.04. The number of hydrogen-bond donors (Lipinski definition) is 0. The van der Waals surface area contributed by atoms with Crippen LogP contribution in [-0.4, -0.2) is 0 Å². The van der Waals surface area contributed by atoms with Gasteiger partial charge in [0, 0.05) is 5.56 Å². The van der Waals surface area contributed by atoms with Gasteiger partial charge in [0.05, 0.1) is 0 Å². The molecule has 0 heterocycles. The predicted molar refractivity (Wildman–Crippen MR) is 72.3 cm³/mol. The Bertz CT molecular complexity index is 512. The second-order valence-electron chi connectivity index (χ2n) is 3.88. The molecule has 0 unspecified atom stereocenters. The zero-order valence-corrected chi connectivity index (χ0v) is 10.2. The zero-order valence-electron chi connectivity index (χ0n) is 10.2. The minimum Gasteiger partial charge on any atom is -0.457 e. The summed E-state index contributed by atoms with van der Waals surface area (Å²) in [5.41, 5.74) is 2.36. The maximum Gasteiger partial charge on any atom is 0.134 e. The summed E-state index contributed by atoms with van der Waals surface area (Å²) in [6, 6.07) is 17.9. The number of allylic oxidation sites excluding steroid dienone is 2. The van der Waals surface area contributed by atoms with Crippen LogP contribution in [0.3, 0.4) is 0 Å². The van der Waals surface area contributed by atoms with Crippen LogP contribution < -0.4 is 4.74 Å². The van der Waals surface area contributed by atoms with Crippen LogP contribution in [0, 0.1) is 0 Å². The van der Waals surface area contributed by atoms with Crippen molar-refractivity contribution in [1.29, 1.82) is 0 Å². The highest BCUT2D eigenvalue weighted by molar-refractivity contribution is 5.69. The lowest BCUT2D eigenvalue weighted by Crippen LogP contribution is -1.89. The molecular formula is C16H16O. The first kappa shape index (κ1) is 11.5. The van der Waals surface area contributed by atoms with Gasteiger partial charge in [-0.25, -0.2) is 0 Å². The van der Waals surface area contributed by atoms with Gasteiger partial charge in [-0.2, -0.15) is 0 Å². The van der Waals surface area contributed by atoms with Crippen LogP contribution in [0.25, 0.3) is 5.57 Å². The molecule has 0 bridgehead atoms.